The highest BCUT2D eigenvalue weighted by atomic mass is 32.2. The van der Waals surface area contributed by atoms with E-state index in [4.69, 9.17) is 4.74 Å². The third kappa shape index (κ3) is 3.24. The van der Waals surface area contributed by atoms with E-state index < -0.39 is 9.84 Å². The fraction of sp³-hybridized carbons (Fsp3) is 0.625. The maximum Gasteiger partial charge on any atom is 0.175 e. The molecule has 1 N–H and O–H groups in total. The zero-order valence-corrected chi connectivity index (χ0v) is 14.0. The predicted octanol–water partition coefficient (Wildman–Crippen LogP) is 2.64. The lowest BCUT2D eigenvalue weighted by atomic mass is 9.61. The molecule has 0 aliphatic heterocycles. The molecule has 0 aromatic heterocycles. The number of nitrogens with one attached hydrogen (secondary N) is 1. The van der Waals surface area contributed by atoms with Crippen LogP contribution < -0.4 is 10.1 Å². The minimum Gasteiger partial charge on any atom is -0.490 e. The Balaban J connectivity index is 2.06. The Morgan fingerprint density at radius 3 is 2.38 bits per heavy atom. The molecule has 0 amide bonds. The summed E-state index contributed by atoms with van der Waals surface area (Å²) in [4.78, 5) is 0.326. The standard InChI is InChI=1S/C16H25NO3S/c1-5-16(3)14(17-6-2)11-15(16)20-12-7-9-13(10-8-12)21(4,18)19/h7-10,14-15,17H,5-6,11H2,1-4H3. The summed E-state index contributed by atoms with van der Waals surface area (Å²) in [5.41, 5.74) is 0.130. The zero-order valence-electron chi connectivity index (χ0n) is 13.2. The number of hydrogen-bond acceptors (Lipinski definition) is 4. The van der Waals surface area contributed by atoms with Crippen molar-refractivity contribution in [2.24, 2.45) is 5.41 Å². The number of ether oxygens (including phenoxy) is 1. The van der Waals surface area contributed by atoms with Gasteiger partial charge in [0, 0.05) is 24.1 Å². The summed E-state index contributed by atoms with van der Waals surface area (Å²) >= 11 is 0. The Morgan fingerprint density at radius 1 is 1.29 bits per heavy atom. The largest absolute Gasteiger partial charge is 0.490 e. The highest BCUT2D eigenvalue weighted by Crippen LogP contribution is 2.46. The molecule has 118 valence electrons. The van der Waals surface area contributed by atoms with Crippen LogP contribution in [-0.2, 0) is 9.84 Å². The molecule has 1 aliphatic carbocycles. The van der Waals surface area contributed by atoms with Crippen LogP contribution in [0.1, 0.15) is 33.6 Å². The van der Waals surface area contributed by atoms with Crippen molar-refractivity contribution in [3.63, 3.8) is 0 Å². The van der Waals surface area contributed by atoms with Crippen LogP contribution in [0.3, 0.4) is 0 Å². The van der Waals surface area contributed by atoms with Gasteiger partial charge in [-0.05, 0) is 37.2 Å². The Kier molecular flexibility index (Phi) is 4.63. The summed E-state index contributed by atoms with van der Waals surface area (Å²) in [6, 6.07) is 7.19. The minimum absolute atomic E-state index is 0.130. The van der Waals surface area contributed by atoms with Crippen molar-refractivity contribution in [3.8, 4) is 5.75 Å². The number of hydrogen-bond donors (Lipinski definition) is 1. The van der Waals surface area contributed by atoms with Crippen molar-refractivity contribution in [1.82, 2.24) is 5.32 Å². The smallest absolute Gasteiger partial charge is 0.175 e. The van der Waals surface area contributed by atoms with E-state index in [1.807, 2.05) is 0 Å². The van der Waals surface area contributed by atoms with E-state index in [9.17, 15) is 8.42 Å². The van der Waals surface area contributed by atoms with Gasteiger partial charge in [0.2, 0.25) is 0 Å². The summed E-state index contributed by atoms with van der Waals surface area (Å²) in [5.74, 6) is 0.738. The van der Waals surface area contributed by atoms with Crippen molar-refractivity contribution in [2.75, 3.05) is 12.8 Å². The first-order valence-corrected chi connectivity index (χ1v) is 9.40. The van der Waals surface area contributed by atoms with Gasteiger partial charge < -0.3 is 10.1 Å². The van der Waals surface area contributed by atoms with Crippen LogP contribution in [0.4, 0.5) is 0 Å². The average Bonchev–Trinajstić information content (AvgIpc) is 2.45. The first-order valence-electron chi connectivity index (χ1n) is 7.51. The maximum atomic E-state index is 11.4. The van der Waals surface area contributed by atoms with Gasteiger partial charge in [0.25, 0.3) is 0 Å². The first kappa shape index (κ1) is 16.3. The van der Waals surface area contributed by atoms with Gasteiger partial charge in [-0.1, -0.05) is 20.8 Å². The number of benzene rings is 1. The Bertz CT molecular complexity index is 582. The molecular weight excluding hydrogens is 286 g/mol. The SMILES string of the molecule is CCNC1CC(Oc2ccc(S(C)(=O)=O)cc2)C1(C)CC. The molecule has 0 heterocycles. The summed E-state index contributed by atoms with van der Waals surface area (Å²) < 4.78 is 29.0. The lowest BCUT2D eigenvalue weighted by molar-refractivity contribution is -0.0697. The zero-order chi connectivity index (χ0) is 15.7. The summed E-state index contributed by atoms with van der Waals surface area (Å²) in [7, 11) is -3.15. The van der Waals surface area contributed by atoms with Crippen LogP contribution >= 0.6 is 0 Å². The molecule has 0 radical (unpaired) electrons. The van der Waals surface area contributed by atoms with Crippen molar-refractivity contribution in [1.29, 1.82) is 0 Å². The maximum absolute atomic E-state index is 11.4. The molecule has 1 saturated carbocycles. The third-order valence-electron chi connectivity index (χ3n) is 4.72. The predicted molar refractivity (Wildman–Crippen MR) is 84.4 cm³/mol. The summed E-state index contributed by atoms with van der Waals surface area (Å²) in [6.07, 6.45) is 3.43. The second-order valence-corrected chi connectivity index (χ2v) is 8.07. The van der Waals surface area contributed by atoms with Crippen molar-refractivity contribution in [3.05, 3.63) is 24.3 Å². The van der Waals surface area contributed by atoms with Crippen molar-refractivity contribution in [2.45, 2.75) is 50.7 Å². The molecule has 1 aromatic rings. The first-order chi connectivity index (χ1) is 9.81. The molecule has 4 nitrogen and oxygen atoms in total. The Labute approximate surface area is 127 Å². The van der Waals surface area contributed by atoms with Gasteiger partial charge in [-0.15, -0.1) is 0 Å². The number of rotatable bonds is 6. The van der Waals surface area contributed by atoms with E-state index in [0.717, 1.165) is 25.1 Å². The topological polar surface area (TPSA) is 55.4 Å². The molecular formula is C16H25NO3S. The van der Waals surface area contributed by atoms with E-state index in [0.29, 0.717) is 10.9 Å². The van der Waals surface area contributed by atoms with E-state index in [1.54, 1.807) is 24.3 Å². The fourth-order valence-corrected chi connectivity index (χ4v) is 3.60. The van der Waals surface area contributed by atoms with Crippen LogP contribution in [-0.4, -0.2) is 33.4 Å². The van der Waals surface area contributed by atoms with Crippen molar-refractivity contribution < 1.29 is 13.2 Å². The van der Waals surface area contributed by atoms with Gasteiger partial charge in [-0.2, -0.15) is 0 Å². The van der Waals surface area contributed by atoms with E-state index >= 15 is 0 Å². The van der Waals surface area contributed by atoms with Gasteiger partial charge in [0.05, 0.1) is 4.90 Å². The lowest BCUT2D eigenvalue weighted by Gasteiger charge is -2.53. The summed E-state index contributed by atoms with van der Waals surface area (Å²) in [5, 5.41) is 3.51. The van der Waals surface area contributed by atoms with E-state index in [2.05, 4.69) is 26.1 Å². The van der Waals surface area contributed by atoms with Gasteiger partial charge >= 0.3 is 0 Å². The molecule has 0 spiro atoms. The number of sulfone groups is 1. The van der Waals surface area contributed by atoms with E-state index in [-0.39, 0.29) is 11.5 Å². The molecule has 21 heavy (non-hydrogen) atoms. The molecule has 0 saturated heterocycles. The molecule has 1 fully saturated rings. The van der Waals surface area contributed by atoms with Crippen LogP contribution in [0.25, 0.3) is 0 Å². The highest BCUT2D eigenvalue weighted by Gasteiger charge is 2.51. The van der Waals surface area contributed by atoms with Crippen molar-refractivity contribution >= 4 is 9.84 Å². The molecule has 0 bridgehead atoms. The molecule has 1 aromatic carbocycles. The second kappa shape index (κ2) is 5.97. The lowest BCUT2D eigenvalue weighted by Crippen LogP contribution is -2.63. The molecule has 2 rings (SSSR count). The molecule has 5 heteroatoms. The van der Waals surface area contributed by atoms with E-state index in [1.165, 1.54) is 6.26 Å². The Hall–Kier alpha value is -1.07. The van der Waals surface area contributed by atoms with Crippen LogP contribution in [0.5, 0.6) is 5.75 Å². The monoisotopic (exact) mass is 311 g/mol. The summed E-state index contributed by atoms with van der Waals surface area (Å²) in [6.45, 7) is 7.52. The van der Waals surface area contributed by atoms with Gasteiger partial charge in [-0.3, -0.25) is 0 Å². The van der Waals surface area contributed by atoms with Gasteiger partial charge in [0.15, 0.2) is 9.84 Å². The quantitative estimate of drug-likeness (QED) is 0.877. The Morgan fingerprint density at radius 2 is 1.90 bits per heavy atom. The second-order valence-electron chi connectivity index (χ2n) is 6.06. The molecule has 1 aliphatic rings. The highest BCUT2D eigenvalue weighted by molar-refractivity contribution is 7.90. The fourth-order valence-electron chi connectivity index (χ4n) is 2.97. The van der Waals surface area contributed by atoms with Gasteiger partial charge in [-0.25, -0.2) is 8.42 Å². The third-order valence-corrected chi connectivity index (χ3v) is 5.85. The molecule has 3 atom stereocenters. The minimum atomic E-state index is -3.15. The normalized spacial score (nSPS) is 29.0. The van der Waals surface area contributed by atoms with Gasteiger partial charge in [0.1, 0.15) is 11.9 Å². The van der Waals surface area contributed by atoms with Crippen LogP contribution in [0.15, 0.2) is 29.2 Å². The molecule has 3 unspecified atom stereocenters. The van der Waals surface area contributed by atoms with Crippen LogP contribution in [0.2, 0.25) is 0 Å². The average molecular weight is 311 g/mol. The van der Waals surface area contributed by atoms with Crippen LogP contribution in [0, 0.1) is 5.41 Å².